The van der Waals surface area contributed by atoms with E-state index in [-0.39, 0.29) is 36.2 Å². The van der Waals surface area contributed by atoms with Crippen LogP contribution >= 0.6 is 12.4 Å². The molecule has 0 bridgehead atoms. The van der Waals surface area contributed by atoms with Gasteiger partial charge in [-0.2, -0.15) is 0 Å². The molecule has 2 N–H and O–H groups in total. The second-order valence-electron chi connectivity index (χ2n) is 5.95. The van der Waals surface area contributed by atoms with Crippen molar-refractivity contribution in [3.8, 4) is 0 Å². The largest absolute Gasteiger partial charge is 0.352 e. The van der Waals surface area contributed by atoms with Gasteiger partial charge in [0.25, 0.3) is 0 Å². The summed E-state index contributed by atoms with van der Waals surface area (Å²) in [5.41, 5.74) is 2.46. The van der Waals surface area contributed by atoms with Crippen molar-refractivity contribution in [2.75, 3.05) is 13.1 Å². The molecule has 2 aromatic carbocycles. The zero-order valence-corrected chi connectivity index (χ0v) is 14.1. The standard InChI is InChI=1S/C19H22N2O.ClH/c1-14(21-19(22)17-12-20-13-17)18(15-8-4-2-5-9-15)16-10-6-3-7-11-16;/h2-11,14,17-18,20H,12-13H2,1H3,(H,21,22);1H. The summed E-state index contributed by atoms with van der Waals surface area (Å²) in [7, 11) is 0. The molecule has 1 aliphatic rings. The summed E-state index contributed by atoms with van der Waals surface area (Å²) in [6.07, 6.45) is 0. The summed E-state index contributed by atoms with van der Waals surface area (Å²) in [5.74, 6) is 0.442. The zero-order chi connectivity index (χ0) is 15.4. The second kappa shape index (κ2) is 8.14. The molecule has 1 amide bonds. The molecule has 122 valence electrons. The van der Waals surface area contributed by atoms with Crippen LogP contribution in [0.2, 0.25) is 0 Å². The quantitative estimate of drug-likeness (QED) is 0.885. The first-order valence-corrected chi connectivity index (χ1v) is 7.86. The van der Waals surface area contributed by atoms with Gasteiger partial charge in [0.1, 0.15) is 0 Å². The number of amides is 1. The van der Waals surface area contributed by atoms with Crippen molar-refractivity contribution >= 4 is 18.3 Å². The van der Waals surface area contributed by atoms with Gasteiger partial charge in [-0.15, -0.1) is 12.4 Å². The van der Waals surface area contributed by atoms with E-state index in [1.807, 2.05) is 12.1 Å². The topological polar surface area (TPSA) is 41.1 Å². The predicted molar refractivity (Wildman–Crippen MR) is 95.9 cm³/mol. The maximum atomic E-state index is 12.3. The number of carbonyl (C=O) groups excluding carboxylic acids is 1. The van der Waals surface area contributed by atoms with Crippen molar-refractivity contribution in [3.05, 3.63) is 71.8 Å². The van der Waals surface area contributed by atoms with Crippen LogP contribution in [0.4, 0.5) is 0 Å². The monoisotopic (exact) mass is 330 g/mol. The Morgan fingerprint density at radius 2 is 1.48 bits per heavy atom. The summed E-state index contributed by atoms with van der Waals surface area (Å²) in [6, 6.07) is 20.8. The molecule has 1 fully saturated rings. The number of nitrogens with one attached hydrogen (secondary N) is 2. The van der Waals surface area contributed by atoms with Crippen LogP contribution in [0.25, 0.3) is 0 Å². The minimum atomic E-state index is 0. The number of halogens is 1. The van der Waals surface area contributed by atoms with Gasteiger partial charge >= 0.3 is 0 Å². The molecule has 3 nitrogen and oxygen atoms in total. The van der Waals surface area contributed by atoms with Crippen molar-refractivity contribution < 1.29 is 4.79 Å². The number of rotatable bonds is 5. The third-order valence-electron chi connectivity index (χ3n) is 4.34. The van der Waals surface area contributed by atoms with Crippen LogP contribution in [0.3, 0.4) is 0 Å². The summed E-state index contributed by atoms with van der Waals surface area (Å²) in [6.45, 7) is 3.68. The molecule has 1 heterocycles. The number of hydrogen-bond donors (Lipinski definition) is 2. The molecule has 1 saturated heterocycles. The van der Waals surface area contributed by atoms with Crippen LogP contribution < -0.4 is 10.6 Å². The summed E-state index contributed by atoms with van der Waals surface area (Å²) >= 11 is 0. The summed E-state index contributed by atoms with van der Waals surface area (Å²) in [4.78, 5) is 12.3. The third-order valence-corrected chi connectivity index (χ3v) is 4.34. The molecular weight excluding hydrogens is 308 g/mol. The fraction of sp³-hybridized carbons (Fsp3) is 0.316. The van der Waals surface area contributed by atoms with E-state index in [2.05, 4.69) is 66.1 Å². The van der Waals surface area contributed by atoms with Crippen molar-refractivity contribution in [3.63, 3.8) is 0 Å². The zero-order valence-electron chi connectivity index (χ0n) is 13.2. The third kappa shape index (κ3) is 4.12. The number of carbonyl (C=O) groups is 1. The Hall–Kier alpha value is -1.84. The van der Waals surface area contributed by atoms with E-state index in [4.69, 9.17) is 0 Å². The predicted octanol–water partition coefficient (Wildman–Crippen LogP) is 2.96. The van der Waals surface area contributed by atoms with Crippen LogP contribution in [-0.4, -0.2) is 25.0 Å². The van der Waals surface area contributed by atoms with Crippen LogP contribution in [0, 0.1) is 5.92 Å². The highest BCUT2D eigenvalue weighted by atomic mass is 35.5. The van der Waals surface area contributed by atoms with Crippen LogP contribution in [0.15, 0.2) is 60.7 Å². The molecule has 23 heavy (non-hydrogen) atoms. The lowest BCUT2D eigenvalue weighted by molar-refractivity contribution is -0.127. The van der Waals surface area contributed by atoms with Crippen LogP contribution in [0.5, 0.6) is 0 Å². The van der Waals surface area contributed by atoms with Gasteiger partial charge in [0, 0.05) is 25.0 Å². The second-order valence-corrected chi connectivity index (χ2v) is 5.95. The Labute approximate surface area is 143 Å². The molecule has 0 spiro atoms. The number of hydrogen-bond acceptors (Lipinski definition) is 2. The average molecular weight is 331 g/mol. The van der Waals surface area contributed by atoms with Crippen molar-refractivity contribution in [1.82, 2.24) is 10.6 Å². The molecule has 0 aliphatic carbocycles. The Kier molecular flexibility index (Phi) is 6.20. The lowest BCUT2D eigenvalue weighted by Crippen LogP contribution is -2.53. The smallest absolute Gasteiger partial charge is 0.225 e. The van der Waals surface area contributed by atoms with Gasteiger partial charge in [0.05, 0.1) is 5.92 Å². The van der Waals surface area contributed by atoms with Gasteiger partial charge < -0.3 is 10.6 Å². The van der Waals surface area contributed by atoms with E-state index in [1.54, 1.807) is 0 Å². The minimum Gasteiger partial charge on any atom is -0.352 e. The van der Waals surface area contributed by atoms with Gasteiger partial charge in [-0.05, 0) is 18.1 Å². The SMILES string of the molecule is CC(NC(=O)C1CNC1)C(c1ccccc1)c1ccccc1.Cl. The normalized spacial score (nSPS) is 15.4. The first-order valence-electron chi connectivity index (χ1n) is 7.86. The molecule has 4 heteroatoms. The molecule has 0 aromatic heterocycles. The van der Waals surface area contributed by atoms with Crippen molar-refractivity contribution in [2.45, 2.75) is 18.9 Å². The molecule has 3 rings (SSSR count). The van der Waals surface area contributed by atoms with E-state index in [9.17, 15) is 4.79 Å². The van der Waals surface area contributed by atoms with Gasteiger partial charge in [-0.3, -0.25) is 4.79 Å². The highest BCUT2D eigenvalue weighted by Gasteiger charge is 2.29. The minimum absolute atomic E-state index is 0. The first-order chi connectivity index (χ1) is 10.8. The van der Waals surface area contributed by atoms with E-state index in [1.165, 1.54) is 11.1 Å². The number of benzene rings is 2. The van der Waals surface area contributed by atoms with Gasteiger partial charge in [-0.1, -0.05) is 60.7 Å². The first kappa shape index (κ1) is 17.5. The lowest BCUT2D eigenvalue weighted by Gasteiger charge is -2.31. The maximum Gasteiger partial charge on any atom is 0.225 e. The molecule has 0 saturated carbocycles. The van der Waals surface area contributed by atoms with Crippen LogP contribution in [0.1, 0.15) is 24.0 Å². The maximum absolute atomic E-state index is 12.3. The van der Waals surface area contributed by atoms with Crippen molar-refractivity contribution in [2.24, 2.45) is 5.92 Å². The van der Waals surface area contributed by atoms with E-state index < -0.39 is 0 Å². The van der Waals surface area contributed by atoms with Crippen molar-refractivity contribution in [1.29, 1.82) is 0 Å². The molecule has 1 unspecified atom stereocenters. The molecule has 2 aromatic rings. The van der Waals surface area contributed by atoms with Gasteiger partial charge in [-0.25, -0.2) is 0 Å². The fourth-order valence-corrected chi connectivity index (χ4v) is 2.99. The fourth-order valence-electron chi connectivity index (χ4n) is 2.99. The van der Waals surface area contributed by atoms with E-state index >= 15 is 0 Å². The highest BCUT2D eigenvalue weighted by Crippen LogP contribution is 2.28. The Morgan fingerprint density at radius 3 is 1.87 bits per heavy atom. The highest BCUT2D eigenvalue weighted by molar-refractivity contribution is 5.85. The Bertz CT molecular complexity index is 574. The lowest BCUT2D eigenvalue weighted by atomic mass is 9.85. The van der Waals surface area contributed by atoms with Gasteiger partial charge in [0.2, 0.25) is 5.91 Å². The molecule has 1 aliphatic heterocycles. The van der Waals surface area contributed by atoms with E-state index in [0.29, 0.717) is 0 Å². The Morgan fingerprint density at radius 1 is 1.00 bits per heavy atom. The summed E-state index contributed by atoms with van der Waals surface area (Å²) in [5, 5.41) is 6.35. The summed E-state index contributed by atoms with van der Waals surface area (Å²) < 4.78 is 0. The Balaban J connectivity index is 0.00000192. The molecular formula is C19H23ClN2O. The molecule has 1 atom stereocenters. The molecule has 0 radical (unpaired) electrons. The van der Waals surface area contributed by atoms with E-state index in [0.717, 1.165) is 13.1 Å². The van der Waals surface area contributed by atoms with Crippen LogP contribution in [-0.2, 0) is 4.79 Å². The average Bonchev–Trinajstić information content (AvgIpc) is 2.47. The van der Waals surface area contributed by atoms with Gasteiger partial charge in [0.15, 0.2) is 0 Å².